The molecule has 0 heterocycles. The first-order chi connectivity index (χ1) is 19.6. The average Bonchev–Trinajstić information content (AvgIpc) is 3.28. The Kier molecular flexibility index (Phi) is 12.0. The molecule has 238 valence electrons. The monoisotopic (exact) mass is 596 g/mol. The van der Waals surface area contributed by atoms with Gasteiger partial charge in [0.25, 0.3) is 0 Å². The first-order valence-electron chi connectivity index (χ1n) is 17.0. The van der Waals surface area contributed by atoms with Gasteiger partial charge in [0.1, 0.15) is 0 Å². The van der Waals surface area contributed by atoms with Crippen LogP contribution in [0.15, 0.2) is 59.3 Å². The van der Waals surface area contributed by atoms with Gasteiger partial charge in [-0.3, -0.25) is 0 Å². The normalized spacial score (nSPS) is 31.3. The standard InChI is InChI=1S/C38H64O3Si/c1-11-37(7,12-2)23-14-13-16-28(3)32-20-21-33-30(17-15-24-38(32,33)8)19-18-29-26-34(39)31(35(40)27-29)22-25-41-42(9,10)36(4,5)6/h13-14,16,18-19,22-23,28,32-35,39-40H,11-12,15,17,20-21,24-27H2,1-10H3/b16-13+,23-14+,29-18?,30-19+,31-22?/t28-,32?,33?,34-,35-,38?/m1/s1. The zero-order valence-corrected chi connectivity index (χ0v) is 29.8. The number of rotatable bonds is 10. The number of fused-ring (bicyclic) bond motifs is 1. The summed E-state index contributed by atoms with van der Waals surface area (Å²) in [4.78, 5) is 0. The molecule has 0 radical (unpaired) electrons. The molecule has 0 aliphatic heterocycles. The van der Waals surface area contributed by atoms with Crippen LogP contribution in [-0.4, -0.2) is 37.3 Å². The molecule has 3 rings (SSSR count). The number of hydrogen-bond donors (Lipinski definition) is 2. The van der Waals surface area contributed by atoms with Crippen LogP contribution in [0.2, 0.25) is 18.1 Å². The highest BCUT2D eigenvalue weighted by atomic mass is 28.4. The second-order valence-electron chi connectivity index (χ2n) is 15.8. The van der Waals surface area contributed by atoms with Crippen molar-refractivity contribution in [1.29, 1.82) is 0 Å². The Bertz CT molecular complexity index is 1030. The predicted octanol–water partition coefficient (Wildman–Crippen LogP) is 10.1. The van der Waals surface area contributed by atoms with Gasteiger partial charge < -0.3 is 14.6 Å². The molecule has 0 bridgehead atoms. The Hall–Kier alpha value is -1.20. The average molecular weight is 597 g/mol. The molecule has 0 spiro atoms. The van der Waals surface area contributed by atoms with Crippen molar-refractivity contribution >= 4 is 8.32 Å². The minimum Gasteiger partial charge on any atom is -0.413 e. The van der Waals surface area contributed by atoms with Crippen LogP contribution in [0.1, 0.15) is 113 Å². The van der Waals surface area contributed by atoms with E-state index in [1.165, 1.54) is 44.9 Å². The Labute approximate surface area is 260 Å². The lowest BCUT2D eigenvalue weighted by atomic mass is 9.61. The first-order valence-corrected chi connectivity index (χ1v) is 19.9. The van der Waals surface area contributed by atoms with Crippen LogP contribution in [0, 0.1) is 28.6 Å². The van der Waals surface area contributed by atoms with E-state index in [0.717, 1.165) is 11.1 Å². The number of aliphatic hydroxyl groups is 2. The van der Waals surface area contributed by atoms with Gasteiger partial charge in [0, 0.05) is 0 Å². The van der Waals surface area contributed by atoms with Crippen molar-refractivity contribution in [3.8, 4) is 0 Å². The fourth-order valence-electron chi connectivity index (χ4n) is 7.52. The highest BCUT2D eigenvalue weighted by Gasteiger charge is 2.50. The number of hydrogen-bond acceptors (Lipinski definition) is 3. The van der Waals surface area contributed by atoms with Crippen molar-refractivity contribution in [1.82, 2.24) is 0 Å². The quantitative estimate of drug-likeness (QED) is 0.150. The lowest BCUT2D eigenvalue weighted by molar-refractivity contribution is 0.112. The van der Waals surface area contributed by atoms with Crippen LogP contribution in [0.25, 0.3) is 0 Å². The van der Waals surface area contributed by atoms with Gasteiger partial charge in [-0.15, -0.1) is 0 Å². The molecule has 3 nitrogen and oxygen atoms in total. The molecule has 0 amide bonds. The van der Waals surface area contributed by atoms with Crippen molar-refractivity contribution in [2.24, 2.45) is 28.6 Å². The van der Waals surface area contributed by atoms with E-state index in [0.29, 0.717) is 48.0 Å². The molecule has 0 saturated heterocycles. The third kappa shape index (κ3) is 8.28. The summed E-state index contributed by atoms with van der Waals surface area (Å²) < 4.78 is 6.28. The minimum absolute atomic E-state index is 0.143. The second kappa shape index (κ2) is 14.3. The van der Waals surface area contributed by atoms with E-state index >= 15 is 0 Å². The summed E-state index contributed by atoms with van der Waals surface area (Å²) in [6, 6.07) is 0. The molecular weight excluding hydrogens is 533 g/mol. The van der Waals surface area contributed by atoms with Crippen LogP contribution < -0.4 is 0 Å². The summed E-state index contributed by atoms with van der Waals surface area (Å²) >= 11 is 0. The third-order valence-corrected chi connectivity index (χ3v) is 16.6. The number of allylic oxidation sites excluding steroid dienone is 7. The highest BCUT2D eigenvalue weighted by molar-refractivity contribution is 6.74. The van der Waals surface area contributed by atoms with Crippen molar-refractivity contribution in [3.63, 3.8) is 0 Å². The molecule has 2 N–H and O–H groups in total. The highest BCUT2D eigenvalue weighted by Crippen LogP contribution is 2.59. The minimum atomic E-state index is -1.86. The zero-order chi connectivity index (χ0) is 31.3. The molecule has 42 heavy (non-hydrogen) atoms. The van der Waals surface area contributed by atoms with E-state index in [4.69, 9.17) is 4.43 Å². The molecule has 3 aliphatic rings. The Balaban J connectivity index is 1.65. The van der Waals surface area contributed by atoms with Crippen LogP contribution in [0.3, 0.4) is 0 Å². The Morgan fingerprint density at radius 1 is 1.00 bits per heavy atom. The summed E-state index contributed by atoms with van der Waals surface area (Å²) in [7, 11) is -1.86. The summed E-state index contributed by atoms with van der Waals surface area (Å²) in [5.74, 6) is 1.93. The molecule has 6 atom stereocenters. The van der Waals surface area contributed by atoms with Gasteiger partial charge in [-0.2, -0.15) is 0 Å². The molecule has 4 heteroatoms. The van der Waals surface area contributed by atoms with Gasteiger partial charge in [0.2, 0.25) is 0 Å². The first kappa shape index (κ1) is 35.3. The van der Waals surface area contributed by atoms with Crippen LogP contribution in [-0.2, 0) is 4.43 Å². The van der Waals surface area contributed by atoms with E-state index in [1.807, 2.05) is 6.08 Å². The molecular formula is C38H64O3Si. The largest absolute Gasteiger partial charge is 0.413 e. The molecule has 3 aliphatic carbocycles. The lowest BCUT2D eigenvalue weighted by Crippen LogP contribution is -2.41. The molecule has 0 aromatic heterocycles. The van der Waals surface area contributed by atoms with Crippen molar-refractivity contribution in [3.05, 3.63) is 59.3 Å². The van der Waals surface area contributed by atoms with Gasteiger partial charge in [-0.25, -0.2) is 0 Å². The topological polar surface area (TPSA) is 49.7 Å². The van der Waals surface area contributed by atoms with E-state index in [1.54, 1.807) is 5.57 Å². The second-order valence-corrected chi connectivity index (χ2v) is 20.7. The number of aliphatic hydroxyl groups excluding tert-OH is 2. The molecule has 3 fully saturated rings. The SMILES string of the molecule is CCC(C)(/C=C/C=C/[C@@H](C)C1CCC2/C(=C/C=C3C[C@@H](O)C(=CCO[Si](C)(C)C(C)(C)C)[C@H](O)C3)CCCC21C)CC. The summed E-state index contributed by atoms with van der Waals surface area (Å²) in [6.07, 6.45) is 24.6. The maximum absolute atomic E-state index is 10.9. The van der Waals surface area contributed by atoms with E-state index in [-0.39, 0.29) is 5.04 Å². The molecule has 3 saturated carbocycles. The van der Waals surface area contributed by atoms with Crippen molar-refractivity contribution in [2.45, 2.75) is 144 Å². The smallest absolute Gasteiger partial charge is 0.192 e. The van der Waals surface area contributed by atoms with Crippen LogP contribution >= 0.6 is 0 Å². The summed E-state index contributed by atoms with van der Waals surface area (Å²) in [6.45, 7) is 23.5. The van der Waals surface area contributed by atoms with Crippen LogP contribution in [0.5, 0.6) is 0 Å². The van der Waals surface area contributed by atoms with E-state index in [2.05, 4.69) is 105 Å². The summed E-state index contributed by atoms with van der Waals surface area (Å²) in [5, 5.41) is 22.0. The van der Waals surface area contributed by atoms with Gasteiger partial charge >= 0.3 is 0 Å². The van der Waals surface area contributed by atoms with E-state index in [9.17, 15) is 10.2 Å². The van der Waals surface area contributed by atoms with Crippen molar-refractivity contribution in [2.75, 3.05) is 6.61 Å². The van der Waals surface area contributed by atoms with E-state index < -0.39 is 20.5 Å². The molecule has 0 aromatic carbocycles. The maximum atomic E-state index is 10.9. The van der Waals surface area contributed by atoms with Gasteiger partial charge in [-0.1, -0.05) is 109 Å². The van der Waals surface area contributed by atoms with Crippen LogP contribution in [0.4, 0.5) is 0 Å². The van der Waals surface area contributed by atoms with Gasteiger partial charge in [0.05, 0.1) is 18.8 Å². The van der Waals surface area contributed by atoms with Gasteiger partial charge in [0.15, 0.2) is 8.32 Å². The predicted molar refractivity (Wildman–Crippen MR) is 183 cm³/mol. The maximum Gasteiger partial charge on any atom is 0.192 e. The Morgan fingerprint density at radius 2 is 1.64 bits per heavy atom. The third-order valence-electron chi connectivity index (χ3n) is 12.1. The fourth-order valence-corrected chi connectivity index (χ4v) is 8.46. The molecule has 3 unspecified atom stereocenters. The zero-order valence-electron chi connectivity index (χ0n) is 28.8. The van der Waals surface area contributed by atoms with Crippen molar-refractivity contribution < 1.29 is 14.6 Å². The summed E-state index contributed by atoms with van der Waals surface area (Å²) in [5.41, 5.74) is 4.12. The fraction of sp³-hybridized carbons (Fsp3) is 0.737. The van der Waals surface area contributed by atoms with Gasteiger partial charge in [-0.05, 0) is 110 Å². The lowest BCUT2D eigenvalue weighted by Gasteiger charge is -2.44. The molecule has 0 aromatic rings. The Morgan fingerprint density at radius 3 is 2.24 bits per heavy atom.